The number of rotatable bonds is 5. The van der Waals surface area contributed by atoms with Gasteiger partial charge in [-0.05, 0) is 58.7 Å². The number of fused-ring (bicyclic) bond motifs is 5. The lowest BCUT2D eigenvalue weighted by Crippen LogP contribution is -2.21. The smallest absolute Gasteiger partial charge is 0.152 e. The molecule has 0 atom stereocenters. The van der Waals surface area contributed by atoms with Crippen LogP contribution in [0.3, 0.4) is 0 Å². The van der Waals surface area contributed by atoms with Crippen LogP contribution >= 0.6 is 0 Å². The highest BCUT2D eigenvalue weighted by atomic mass is 16.2. The van der Waals surface area contributed by atoms with Crippen molar-refractivity contribution in [2.24, 2.45) is 15.0 Å². The van der Waals surface area contributed by atoms with Crippen LogP contribution in [0, 0.1) is 0 Å². The van der Waals surface area contributed by atoms with Crippen LogP contribution in [-0.2, 0) is 4.79 Å². The summed E-state index contributed by atoms with van der Waals surface area (Å²) in [6.07, 6.45) is 9.70. The number of hydrogen-bond acceptors (Lipinski definition) is 5. The SMILES string of the molecule is O=CC1=CC2=NC1=C(c1ccccc1)C1=NC(=C/C1=C\O)C(c1ccccc1)=C1C=CC(=N1)C(c1ccccc1)=c1ccc([nH]1)=C2c1ccccc1. The van der Waals surface area contributed by atoms with Gasteiger partial charge in [-0.1, -0.05) is 121 Å². The summed E-state index contributed by atoms with van der Waals surface area (Å²) in [6, 6.07) is 44.2. The molecule has 0 saturated carbocycles. The first-order valence-corrected chi connectivity index (χ1v) is 17.0. The Kier molecular flexibility index (Phi) is 7.67. The van der Waals surface area contributed by atoms with Gasteiger partial charge >= 0.3 is 0 Å². The molecule has 52 heavy (non-hydrogen) atoms. The van der Waals surface area contributed by atoms with E-state index in [-0.39, 0.29) is 0 Å². The van der Waals surface area contributed by atoms with Crippen LogP contribution in [0.15, 0.2) is 207 Å². The van der Waals surface area contributed by atoms with Crippen molar-refractivity contribution in [3.8, 4) is 0 Å². The van der Waals surface area contributed by atoms with Gasteiger partial charge in [-0.15, -0.1) is 0 Å². The van der Waals surface area contributed by atoms with E-state index in [1.807, 2.05) is 133 Å². The van der Waals surface area contributed by atoms with Gasteiger partial charge in [-0.2, -0.15) is 0 Å². The Bertz CT molecular complexity index is 2700. The van der Waals surface area contributed by atoms with Crippen molar-refractivity contribution in [3.63, 3.8) is 0 Å². The number of aldehydes is 1. The molecule has 0 aliphatic carbocycles. The Hall–Kier alpha value is -7.18. The number of aromatic amines is 1. The van der Waals surface area contributed by atoms with Crippen molar-refractivity contribution >= 4 is 45.7 Å². The number of nitrogens with one attached hydrogen (secondary N) is 1. The zero-order valence-corrected chi connectivity index (χ0v) is 27.9. The molecular formula is C46H30N4O2. The number of allylic oxidation sites excluding steroid dienone is 8. The van der Waals surface area contributed by atoms with Gasteiger partial charge < -0.3 is 10.1 Å². The molecule has 0 radical (unpaired) electrons. The number of aromatic nitrogens is 1. The summed E-state index contributed by atoms with van der Waals surface area (Å²) in [5, 5.41) is 12.5. The average Bonchev–Trinajstić information content (AvgIpc) is 4.03. The minimum Gasteiger partial charge on any atom is -0.515 e. The molecule has 4 aromatic carbocycles. The summed E-state index contributed by atoms with van der Waals surface area (Å²) in [5.41, 5.74) is 11.6. The van der Waals surface area contributed by atoms with Crippen LogP contribution < -0.4 is 10.7 Å². The molecule has 4 aliphatic heterocycles. The number of aliphatic hydroxyl groups is 1. The Labute approximate surface area is 300 Å². The number of H-pyrrole nitrogens is 1. The van der Waals surface area contributed by atoms with E-state index in [1.54, 1.807) is 0 Å². The molecule has 6 nitrogen and oxygen atoms in total. The maximum Gasteiger partial charge on any atom is 0.152 e. The Morgan fingerprint density at radius 3 is 1.58 bits per heavy atom. The number of carbonyl (C=O) groups excluding carboxylic acids is 1. The molecule has 6 heteroatoms. The van der Waals surface area contributed by atoms with Gasteiger partial charge in [0.1, 0.15) is 0 Å². The molecule has 8 bridgehead atoms. The van der Waals surface area contributed by atoms with Gasteiger partial charge in [0.05, 0.1) is 40.5 Å². The zero-order valence-electron chi connectivity index (χ0n) is 27.9. The van der Waals surface area contributed by atoms with Gasteiger partial charge in [-0.3, -0.25) is 4.79 Å². The normalized spacial score (nSPS) is 17.3. The van der Waals surface area contributed by atoms with Crippen LogP contribution in [0.5, 0.6) is 0 Å². The van der Waals surface area contributed by atoms with Gasteiger partial charge in [-0.25, -0.2) is 15.0 Å². The van der Waals surface area contributed by atoms with E-state index >= 15 is 0 Å². The van der Waals surface area contributed by atoms with Crippen LogP contribution in [0.1, 0.15) is 22.3 Å². The predicted octanol–water partition coefficient (Wildman–Crippen LogP) is 7.62. The Balaban J connectivity index is 1.46. The van der Waals surface area contributed by atoms with Gasteiger partial charge in [0.2, 0.25) is 0 Å². The summed E-state index contributed by atoms with van der Waals surface area (Å²) in [5.74, 6) is 0. The average molecular weight is 671 g/mol. The zero-order chi connectivity index (χ0) is 35.0. The second-order valence-electron chi connectivity index (χ2n) is 12.6. The van der Waals surface area contributed by atoms with Crippen LogP contribution in [0.25, 0.3) is 22.3 Å². The molecular weight excluding hydrogens is 641 g/mol. The van der Waals surface area contributed by atoms with E-state index in [4.69, 9.17) is 15.0 Å². The fourth-order valence-corrected chi connectivity index (χ4v) is 7.15. The molecule has 9 rings (SSSR count). The molecule has 1 aromatic heterocycles. The van der Waals surface area contributed by atoms with Crippen molar-refractivity contribution in [2.45, 2.75) is 0 Å². The second-order valence-corrected chi connectivity index (χ2v) is 12.6. The van der Waals surface area contributed by atoms with E-state index in [1.165, 1.54) is 0 Å². The van der Waals surface area contributed by atoms with Crippen LogP contribution in [0.2, 0.25) is 0 Å². The summed E-state index contributed by atoms with van der Waals surface area (Å²) in [6.45, 7) is 0. The predicted molar refractivity (Wildman–Crippen MR) is 209 cm³/mol. The number of carbonyl (C=O) groups is 1. The van der Waals surface area contributed by atoms with E-state index < -0.39 is 0 Å². The summed E-state index contributed by atoms with van der Waals surface area (Å²) in [4.78, 5) is 32.5. The topological polar surface area (TPSA) is 90.2 Å². The highest BCUT2D eigenvalue weighted by Crippen LogP contribution is 2.40. The lowest BCUT2D eigenvalue weighted by Gasteiger charge is -2.13. The summed E-state index contributed by atoms with van der Waals surface area (Å²) in [7, 11) is 0. The van der Waals surface area contributed by atoms with Gasteiger partial charge in [0, 0.05) is 44.1 Å². The fourth-order valence-electron chi connectivity index (χ4n) is 7.15. The maximum atomic E-state index is 13.0. The maximum absolute atomic E-state index is 13.0. The third-order valence-corrected chi connectivity index (χ3v) is 9.47. The van der Waals surface area contributed by atoms with E-state index in [9.17, 15) is 9.90 Å². The number of benzene rings is 4. The molecule has 0 unspecified atom stereocenters. The van der Waals surface area contributed by atoms with Crippen molar-refractivity contribution in [1.82, 2.24) is 4.98 Å². The third kappa shape index (κ3) is 5.30. The first kappa shape index (κ1) is 30.8. The van der Waals surface area contributed by atoms with E-state index in [0.717, 1.165) is 73.6 Å². The van der Waals surface area contributed by atoms with Gasteiger partial charge in [0.25, 0.3) is 0 Å². The lowest BCUT2D eigenvalue weighted by atomic mass is 9.93. The highest BCUT2D eigenvalue weighted by Gasteiger charge is 2.31. The molecule has 0 spiro atoms. The van der Waals surface area contributed by atoms with Crippen molar-refractivity contribution in [1.29, 1.82) is 0 Å². The molecule has 5 aromatic rings. The molecule has 0 fully saturated rings. The van der Waals surface area contributed by atoms with Crippen LogP contribution in [-0.4, -0.2) is 33.5 Å². The van der Waals surface area contributed by atoms with Crippen LogP contribution in [0.4, 0.5) is 0 Å². The molecule has 0 saturated heterocycles. The number of aliphatic hydroxyl groups excluding tert-OH is 1. The summed E-state index contributed by atoms with van der Waals surface area (Å²) >= 11 is 0. The lowest BCUT2D eigenvalue weighted by molar-refractivity contribution is -0.104. The molecule has 2 N–H and O–H groups in total. The van der Waals surface area contributed by atoms with Crippen molar-refractivity contribution in [3.05, 3.63) is 225 Å². The first-order chi connectivity index (χ1) is 25.7. The van der Waals surface area contributed by atoms with E-state index in [0.29, 0.717) is 39.5 Å². The molecule has 4 aliphatic rings. The largest absolute Gasteiger partial charge is 0.515 e. The van der Waals surface area contributed by atoms with Crippen molar-refractivity contribution < 1.29 is 9.90 Å². The quantitative estimate of drug-likeness (QED) is 0.149. The van der Waals surface area contributed by atoms with Gasteiger partial charge in [0.15, 0.2) is 6.29 Å². The Morgan fingerprint density at radius 2 is 1.04 bits per heavy atom. The first-order valence-electron chi connectivity index (χ1n) is 17.0. The van der Waals surface area contributed by atoms with Crippen molar-refractivity contribution in [2.75, 3.05) is 0 Å². The number of aliphatic imine (C=N–C) groups is 3. The second kappa shape index (κ2) is 12.9. The third-order valence-electron chi connectivity index (χ3n) is 9.47. The highest BCUT2D eigenvalue weighted by molar-refractivity contribution is 6.39. The Morgan fingerprint density at radius 1 is 0.519 bits per heavy atom. The minimum atomic E-state index is 0.414. The summed E-state index contributed by atoms with van der Waals surface area (Å²) < 4.78 is 0. The standard InChI is InChI=1S/C46H30N4O2/c51-27-33-25-39-42(30-15-7-2-8-16-30)37-23-21-35(47-37)41(29-13-5-1-6-14-29)36-22-24-38(48-36)43(31-17-9-3-10-18-31)40-26-34(28-52)46(50-40)44(45(33)49-39)32-19-11-4-12-20-32/h1-28,47,52H/b34-28+,41-35?,42-37?,43-38?,45-44?. The number of hydrogen-bond donors (Lipinski definition) is 2. The molecule has 5 heterocycles. The minimum absolute atomic E-state index is 0.414. The van der Waals surface area contributed by atoms with E-state index in [2.05, 4.69) is 29.2 Å². The number of nitrogens with zero attached hydrogens (tertiary/aromatic N) is 3. The molecule has 246 valence electrons. The monoisotopic (exact) mass is 670 g/mol. The fraction of sp³-hybridized carbons (Fsp3) is 0. The molecule has 0 amide bonds.